The van der Waals surface area contributed by atoms with Crippen molar-refractivity contribution in [3.63, 3.8) is 0 Å². The van der Waals surface area contributed by atoms with Crippen LogP contribution in [0.15, 0.2) is 78.9 Å². The third-order valence-electron chi connectivity index (χ3n) is 9.14. The third-order valence-corrected chi connectivity index (χ3v) is 9.14. The molecule has 0 spiro atoms. The molecule has 7 nitrogen and oxygen atoms in total. The Morgan fingerprint density at radius 2 is 1.49 bits per heavy atom. The lowest BCUT2D eigenvalue weighted by molar-refractivity contribution is -0.118. The van der Waals surface area contributed by atoms with E-state index in [9.17, 15) is 9.59 Å². The second-order valence-electron chi connectivity index (χ2n) is 12.6. The van der Waals surface area contributed by atoms with E-state index in [1.165, 1.54) is 19.3 Å². The quantitative estimate of drug-likeness (QED) is 0.286. The fourth-order valence-electron chi connectivity index (χ4n) is 6.44. The highest BCUT2D eigenvalue weighted by Gasteiger charge is 2.25. The summed E-state index contributed by atoms with van der Waals surface area (Å²) in [6.45, 7) is 11.7. The van der Waals surface area contributed by atoms with Crippen LogP contribution in [0.1, 0.15) is 67.4 Å². The normalized spacial score (nSPS) is 17.0. The summed E-state index contributed by atoms with van der Waals surface area (Å²) in [7, 11) is 0. The van der Waals surface area contributed by atoms with Crippen molar-refractivity contribution in [2.45, 2.75) is 65.0 Å². The molecule has 0 aromatic heterocycles. The molecule has 0 atom stereocenters. The van der Waals surface area contributed by atoms with Crippen molar-refractivity contribution in [3.8, 4) is 5.75 Å². The number of hydrogen-bond acceptors (Lipinski definition) is 5. The van der Waals surface area contributed by atoms with Gasteiger partial charge in [-0.15, -0.1) is 0 Å². The number of hydrogen-bond donors (Lipinski definition) is 0. The average Bonchev–Trinajstić information content (AvgIpc) is 3.11. The van der Waals surface area contributed by atoms with Gasteiger partial charge in [0.15, 0.2) is 0 Å². The number of rotatable bonds is 9. The Morgan fingerprint density at radius 1 is 0.756 bits per heavy atom. The predicted octanol–water partition coefficient (Wildman–Crippen LogP) is 6.27. The van der Waals surface area contributed by atoms with E-state index in [2.05, 4.69) is 41.8 Å². The molecule has 3 aromatic rings. The zero-order valence-corrected chi connectivity index (χ0v) is 27.2. The lowest BCUT2D eigenvalue weighted by Crippen LogP contribution is -2.41. The van der Waals surface area contributed by atoms with Crippen LogP contribution in [0.3, 0.4) is 0 Å². The molecule has 5 rings (SSSR count). The summed E-state index contributed by atoms with van der Waals surface area (Å²) in [6.07, 6.45) is 5.90. The van der Waals surface area contributed by atoms with E-state index >= 15 is 0 Å². The van der Waals surface area contributed by atoms with Crippen molar-refractivity contribution >= 4 is 17.5 Å². The molecule has 0 N–H and O–H groups in total. The molecule has 0 radical (unpaired) electrons. The number of ether oxygens (including phenoxy) is 1. The largest absolute Gasteiger partial charge is 0.492 e. The first kappa shape index (κ1) is 32.7. The van der Waals surface area contributed by atoms with Crippen LogP contribution in [0.5, 0.6) is 5.75 Å². The Morgan fingerprint density at radius 3 is 2.24 bits per heavy atom. The van der Waals surface area contributed by atoms with Gasteiger partial charge in [0.1, 0.15) is 12.4 Å². The number of fused-ring (bicyclic) bond motifs is 1. The van der Waals surface area contributed by atoms with Crippen molar-refractivity contribution in [3.05, 3.63) is 95.6 Å². The maximum absolute atomic E-state index is 14.0. The van der Waals surface area contributed by atoms with Crippen LogP contribution in [0.2, 0.25) is 0 Å². The molecule has 2 amide bonds. The molecular formula is C38H50N4O3. The van der Waals surface area contributed by atoms with Crippen molar-refractivity contribution in [2.24, 2.45) is 0 Å². The summed E-state index contributed by atoms with van der Waals surface area (Å²) < 4.78 is 6.03. The van der Waals surface area contributed by atoms with Gasteiger partial charge in [-0.25, -0.2) is 0 Å². The first-order valence-electron chi connectivity index (χ1n) is 16.9. The molecule has 7 heteroatoms. The maximum Gasteiger partial charge on any atom is 0.254 e. The van der Waals surface area contributed by atoms with Gasteiger partial charge in [-0.1, -0.05) is 55.0 Å². The summed E-state index contributed by atoms with van der Waals surface area (Å²) in [5.74, 6) is 0.909. The Balaban J connectivity index is 1.31. The molecule has 2 aliphatic heterocycles. The molecule has 240 valence electrons. The highest BCUT2D eigenvalue weighted by molar-refractivity contribution is 5.96. The van der Waals surface area contributed by atoms with Crippen molar-refractivity contribution in [1.82, 2.24) is 14.7 Å². The smallest absolute Gasteiger partial charge is 0.254 e. The fraction of sp³-hybridized carbons (Fsp3) is 0.474. The van der Waals surface area contributed by atoms with E-state index in [4.69, 9.17) is 4.74 Å². The van der Waals surface area contributed by atoms with E-state index in [0.29, 0.717) is 50.7 Å². The molecule has 1 fully saturated rings. The number of amides is 2. The molecule has 1 saturated heterocycles. The van der Waals surface area contributed by atoms with E-state index < -0.39 is 0 Å². The monoisotopic (exact) mass is 610 g/mol. The molecule has 2 heterocycles. The minimum absolute atomic E-state index is 0.00502. The Kier molecular flexibility index (Phi) is 12.0. The second-order valence-corrected chi connectivity index (χ2v) is 12.6. The number of para-hydroxylation sites is 1. The molecule has 0 aliphatic carbocycles. The van der Waals surface area contributed by atoms with Gasteiger partial charge in [0.25, 0.3) is 5.91 Å². The Hall–Kier alpha value is -3.68. The van der Waals surface area contributed by atoms with E-state index in [0.717, 1.165) is 61.7 Å². The van der Waals surface area contributed by atoms with Crippen LogP contribution in [0.4, 0.5) is 5.69 Å². The molecule has 0 unspecified atom stereocenters. The number of carbonyl (C=O) groups excluding carboxylic acids is 2. The van der Waals surface area contributed by atoms with Gasteiger partial charge in [-0.05, 0) is 94.1 Å². The minimum Gasteiger partial charge on any atom is -0.492 e. The highest BCUT2D eigenvalue weighted by Crippen LogP contribution is 2.26. The van der Waals surface area contributed by atoms with Crippen molar-refractivity contribution in [2.75, 3.05) is 57.3 Å². The third kappa shape index (κ3) is 9.41. The lowest BCUT2D eigenvalue weighted by atomic mass is 10.1. The standard InChI is InChI=1S/C38H50N4O3/c1-31(2)40-24-11-25-42(37(43)21-16-32-12-5-3-6-13-32)36-15-8-7-14-34(36)30-41(27-26-40)38(44)33-17-19-35(20-18-33)45-29-28-39-22-9-4-10-23-39/h3,5-8,12-15,17-20,31H,4,9-11,16,21-30H2,1-2H3. The summed E-state index contributed by atoms with van der Waals surface area (Å²) in [6, 6.07) is 26.2. The van der Waals surface area contributed by atoms with E-state index in [1.807, 2.05) is 70.5 Å². The maximum atomic E-state index is 14.0. The van der Waals surface area contributed by atoms with Crippen LogP contribution in [0.25, 0.3) is 0 Å². The van der Waals surface area contributed by atoms with Gasteiger partial charge in [-0.2, -0.15) is 0 Å². The molecule has 0 saturated carbocycles. The van der Waals surface area contributed by atoms with Crippen LogP contribution < -0.4 is 9.64 Å². The lowest BCUT2D eigenvalue weighted by Gasteiger charge is -2.30. The fourth-order valence-corrected chi connectivity index (χ4v) is 6.44. The topological polar surface area (TPSA) is 56.3 Å². The van der Waals surface area contributed by atoms with Gasteiger partial charge in [0, 0.05) is 63.0 Å². The molecule has 45 heavy (non-hydrogen) atoms. The van der Waals surface area contributed by atoms with Crippen LogP contribution in [-0.2, 0) is 17.8 Å². The number of benzene rings is 3. The number of aryl methyl sites for hydroxylation is 1. The zero-order valence-electron chi connectivity index (χ0n) is 27.2. The van der Waals surface area contributed by atoms with Gasteiger partial charge in [0.2, 0.25) is 5.91 Å². The van der Waals surface area contributed by atoms with Crippen molar-refractivity contribution in [1.29, 1.82) is 0 Å². The molecule has 0 bridgehead atoms. The average molecular weight is 611 g/mol. The van der Waals surface area contributed by atoms with Crippen molar-refractivity contribution < 1.29 is 14.3 Å². The first-order chi connectivity index (χ1) is 22.0. The number of likely N-dealkylation sites (tertiary alicyclic amines) is 1. The number of nitrogens with zero attached hydrogens (tertiary/aromatic N) is 4. The van der Waals surface area contributed by atoms with E-state index in [-0.39, 0.29) is 11.8 Å². The van der Waals surface area contributed by atoms with Gasteiger partial charge in [-0.3, -0.25) is 19.4 Å². The zero-order chi connectivity index (χ0) is 31.4. The number of carbonyl (C=O) groups is 2. The Labute approximate surface area is 269 Å². The predicted molar refractivity (Wildman–Crippen MR) is 182 cm³/mol. The highest BCUT2D eigenvalue weighted by atomic mass is 16.5. The SMILES string of the molecule is CC(C)N1CCCN(C(=O)CCc2ccccc2)c2ccccc2CN(C(=O)c2ccc(OCCN3CCCCC3)cc2)CC1. The van der Waals surface area contributed by atoms with Gasteiger partial charge < -0.3 is 14.5 Å². The summed E-state index contributed by atoms with van der Waals surface area (Å²) in [4.78, 5) is 36.6. The van der Waals surface area contributed by atoms with Crippen LogP contribution in [0, 0.1) is 0 Å². The van der Waals surface area contributed by atoms with Gasteiger partial charge >= 0.3 is 0 Å². The number of piperidine rings is 1. The molecule has 2 aliphatic rings. The minimum atomic E-state index is -0.00502. The summed E-state index contributed by atoms with van der Waals surface area (Å²) in [5.41, 5.74) is 3.72. The summed E-state index contributed by atoms with van der Waals surface area (Å²) >= 11 is 0. The second kappa shape index (κ2) is 16.6. The van der Waals surface area contributed by atoms with Gasteiger partial charge in [0.05, 0.1) is 0 Å². The number of anilines is 1. The molecule has 3 aromatic carbocycles. The Bertz CT molecular complexity index is 1350. The molecular weight excluding hydrogens is 560 g/mol. The van der Waals surface area contributed by atoms with Crippen LogP contribution in [-0.4, -0.2) is 85.0 Å². The summed E-state index contributed by atoms with van der Waals surface area (Å²) in [5, 5.41) is 0. The first-order valence-corrected chi connectivity index (χ1v) is 16.9. The van der Waals surface area contributed by atoms with Crippen LogP contribution >= 0.6 is 0 Å². The van der Waals surface area contributed by atoms with E-state index in [1.54, 1.807) is 0 Å².